The summed E-state index contributed by atoms with van der Waals surface area (Å²) in [5.41, 5.74) is 0.350. The Bertz CT molecular complexity index is 1020. The van der Waals surface area contributed by atoms with Crippen molar-refractivity contribution >= 4 is 21.4 Å². The molecule has 0 spiro atoms. The van der Waals surface area contributed by atoms with Crippen LogP contribution in [-0.4, -0.2) is 45.7 Å². The molecule has 0 unspecified atom stereocenters. The number of benzene rings is 1. The monoisotopic (exact) mass is 435 g/mol. The summed E-state index contributed by atoms with van der Waals surface area (Å²) in [7, 11) is 0. The standard InChI is InChI=1S/C21H24F3N5S/c22-21(23,24)17-3-1-2-16(10-17)18-12-26-20-29(18)27-19(30-20)25-11-14-6-8-28(9-7-14)13-15-4-5-15/h1-3,10,12,14-15H,4-9,11,13H2,(H,25,27). The fourth-order valence-corrected chi connectivity index (χ4v) is 4.87. The van der Waals surface area contributed by atoms with Gasteiger partial charge in [0.1, 0.15) is 0 Å². The molecule has 3 heterocycles. The Morgan fingerprint density at radius 2 is 1.90 bits per heavy atom. The Morgan fingerprint density at radius 3 is 2.63 bits per heavy atom. The highest BCUT2D eigenvalue weighted by molar-refractivity contribution is 7.20. The summed E-state index contributed by atoms with van der Waals surface area (Å²) >= 11 is 1.43. The van der Waals surface area contributed by atoms with Crippen molar-refractivity contribution < 1.29 is 13.2 Å². The van der Waals surface area contributed by atoms with Crippen molar-refractivity contribution in [3.8, 4) is 11.3 Å². The van der Waals surface area contributed by atoms with E-state index in [-0.39, 0.29) is 0 Å². The predicted octanol–water partition coefficient (Wildman–Crippen LogP) is 5.01. The highest BCUT2D eigenvalue weighted by atomic mass is 32.1. The number of piperidine rings is 1. The van der Waals surface area contributed by atoms with Gasteiger partial charge in [0, 0.05) is 18.7 Å². The lowest BCUT2D eigenvalue weighted by Crippen LogP contribution is -2.37. The number of hydrogen-bond acceptors (Lipinski definition) is 5. The van der Waals surface area contributed by atoms with E-state index < -0.39 is 11.7 Å². The molecule has 1 N–H and O–H groups in total. The molecule has 1 saturated carbocycles. The molecule has 0 bridgehead atoms. The van der Waals surface area contributed by atoms with Crippen LogP contribution in [0.1, 0.15) is 31.2 Å². The van der Waals surface area contributed by atoms with Crippen molar-refractivity contribution in [2.24, 2.45) is 11.8 Å². The summed E-state index contributed by atoms with van der Waals surface area (Å²) < 4.78 is 40.8. The van der Waals surface area contributed by atoms with E-state index in [9.17, 15) is 13.2 Å². The topological polar surface area (TPSA) is 45.5 Å². The van der Waals surface area contributed by atoms with Crippen LogP contribution in [0.3, 0.4) is 0 Å². The van der Waals surface area contributed by atoms with Crippen molar-refractivity contribution in [2.45, 2.75) is 31.9 Å². The molecule has 160 valence electrons. The first-order valence-corrected chi connectivity index (χ1v) is 11.3. The molecule has 0 atom stereocenters. The molecule has 9 heteroatoms. The van der Waals surface area contributed by atoms with Crippen LogP contribution in [0.2, 0.25) is 0 Å². The van der Waals surface area contributed by atoms with E-state index in [4.69, 9.17) is 0 Å². The Morgan fingerprint density at radius 1 is 1.10 bits per heavy atom. The van der Waals surface area contributed by atoms with E-state index in [2.05, 4.69) is 20.3 Å². The van der Waals surface area contributed by atoms with Gasteiger partial charge in [0.15, 0.2) is 0 Å². The average Bonchev–Trinajstić information content (AvgIpc) is 3.31. The molecule has 0 radical (unpaired) electrons. The maximum absolute atomic E-state index is 13.0. The number of rotatable bonds is 6. The third-order valence-electron chi connectivity index (χ3n) is 6.03. The van der Waals surface area contributed by atoms with Gasteiger partial charge in [-0.25, -0.2) is 9.50 Å². The third-order valence-corrected chi connectivity index (χ3v) is 6.91. The van der Waals surface area contributed by atoms with Gasteiger partial charge in [-0.05, 0) is 62.7 Å². The van der Waals surface area contributed by atoms with Crippen LogP contribution in [0, 0.1) is 11.8 Å². The molecule has 1 aliphatic carbocycles. The lowest BCUT2D eigenvalue weighted by Gasteiger charge is -2.31. The maximum Gasteiger partial charge on any atom is 0.416 e. The number of nitrogens with zero attached hydrogens (tertiary/aromatic N) is 4. The number of hydrogen-bond donors (Lipinski definition) is 1. The van der Waals surface area contributed by atoms with Crippen LogP contribution >= 0.6 is 11.3 Å². The summed E-state index contributed by atoms with van der Waals surface area (Å²) in [6, 6.07) is 5.29. The number of fused-ring (bicyclic) bond motifs is 1. The lowest BCUT2D eigenvalue weighted by atomic mass is 9.97. The molecule has 5 nitrogen and oxygen atoms in total. The normalized spacial score (nSPS) is 18.9. The summed E-state index contributed by atoms with van der Waals surface area (Å²) in [5, 5.41) is 8.73. The van der Waals surface area contributed by atoms with E-state index in [1.54, 1.807) is 16.8 Å². The molecule has 1 saturated heterocycles. The van der Waals surface area contributed by atoms with E-state index in [1.807, 2.05) is 0 Å². The molecule has 30 heavy (non-hydrogen) atoms. The van der Waals surface area contributed by atoms with Crippen molar-refractivity contribution in [2.75, 3.05) is 31.5 Å². The first-order chi connectivity index (χ1) is 14.5. The lowest BCUT2D eigenvalue weighted by molar-refractivity contribution is -0.137. The van der Waals surface area contributed by atoms with Crippen LogP contribution in [0.15, 0.2) is 30.5 Å². The highest BCUT2D eigenvalue weighted by Crippen LogP contribution is 2.34. The zero-order valence-corrected chi connectivity index (χ0v) is 17.3. The fourth-order valence-electron chi connectivity index (χ4n) is 4.09. The van der Waals surface area contributed by atoms with E-state index in [0.29, 0.717) is 22.1 Å². The van der Waals surface area contributed by atoms with Crippen LogP contribution in [-0.2, 0) is 6.18 Å². The minimum atomic E-state index is -4.37. The molecule has 2 aromatic heterocycles. The van der Waals surface area contributed by atoms with Gasteiger partial charge in [-0.3, -0.25) is 0 Å². The zero-order chi connectivity index (χ0) is 20.7. The third kappa shape index (κ3) is 4.32. The van der Waals surface area contributed by atoms with Crippen LogP contribution < -0.4 is 5.32 Å². The van der Waals surface area contributed by atoms with Gasteiger partial charge in [-0.2, -0.15) is 13.2 Å². The molecule has 1 aliphatic heterocycles. The molecular weight excluding hydrogens is 411 g/mol. The van der Waals surface area contributed by atoms with Crippen LogP contribution in [0.5, 0.6) is 0 Å². The molecule has 1 aromatic carbocycles. The summed E-state index contributed by atoms with van der Waals surface area (Å²) in [6.07, 6.45) is 2.39. The second-order valence-electron chi connectivity index (χ2n) is 8.39. The predicted molar refractivity (Wildman–Crippen MR) is 112 cm³/mol. The number of halogens is 3. The molecule has 5 rings (SSSR count). The smallest absolute Gasteiger partial charge is 0.360 e. The first kappa shape index (κ1) is 19.8. The van der Waals surface area contributed by atoms with Gasteiger partial charge in [0.2, 0.25) is 10.1 Å². The summed E-state index contributed by atoms with van der Waals surface area (Å²) in [5.74, 6) is 1.57. The van der Waals surface area contributed by atoms with Crippen molar-refractivity contribution in [3.63, 3.8) is 0 Å². The number of anilines is 1. The van der Waals surface area contributed by atoms with E-state index in [0.717, 1.165) is 29.7 Å². The van der Waals surface area contributed by atoms with Gasteiger partial charge in [-0.15, -0.1) is 5.10 Å². The average molecular weight is 436 g/mol. The number of likely N-dealkylation sites (tertiary alicyclic amines) is 1. The molecule has 2 aliphatic rings. The van der Waals surface area contributed by atoms with Crippen LogP contribution in [0.4, 0.5) is 18.3 Å². The van der Waals surface area contributed by atoms with Gasteiger partial charge >= 0.3 is 6.18 Å². The Kier molecular flexibility index (Phi) is 5.18. The van der Waals surface area contributed by atoms with Gasteiger partial charge in [0.25, 0.3) is 0 Å². The largest absolute Gasteiger partial charge is 0.416 e. The fraction of sp³-hybridized carbons (Fsp3) is 0.524. The molecule has 2 fully saturated rings. The van der Waals surface area contributed by atoms with Crippen LogP contribution in [0.25, 0.3) is 16.2 Å². The summed E-state index contributed by atoms with van der Waals surface area (Å²) in [6.45, 7) is 4.47. The Balaban J connectivity index is 1.24. The number of imidazole rings is 1. The van der Waals surface area contributed by atoms with E-state index in [1.165, 1.54) is 62.7 Å². The van der Waals surface area contributed by atoms with Gasteiger partial charge in [-0.1, -0.05) is 23.5 Å². The number of alkyl halides is 3. The van der Waals surface area contributed by atoms with Crippen molar-refractivity contribution in [1.82, 2.24) is 19.5 Å². The minimum absolute atomic E-state index is 0.456. The Labute approximate surface area is 176 Å². The SMILES string of the molecule is FC(F)(F)c1cccc(-c2cnc3sc(NCC4CCN(CC5CC5)CC4)nn23)c1. The quantitative estimate of drug-likeness (QED) is 0.591. The summed E-state index contributed by atoms with van der Waals surface area (Å²) in [4.78, 5) is 7.60. The minimum Gasteiger partial charge on any atom is -0.360 e. The second kappa shape index (κ2) is 7.85. The van der Waals surface area contributed by atoms with Crippen molar-refractivity contribution in [1.29, 1.82) is 0 Å². The first-order valence-electron chi connectivity index (χ1n) is 10.4. The van der Waals surface area contributed by atoms with Gasteiger partial charge < -0.3 is 10.2 Å². The molecule has 0 amide bonds. The Hall–Kier alpha value is -2.13. The van der Waals surface area contributed by atoms with Crippen molar-refractivity contribution in [3.05, 3.63) is 36.0 Å². The van der Waals surface area contributed by atoms with E-state index >= 15 is 0 Å². The molecule has 3 aromatic rings. The highest BCUT2D eigenvalue weighted by Gasteiger charge is 2.31. The molecular formula is C21H24F3N5S. The number of aromatic nitrogens is 3. The number of nitrogens with one attached hydrogen (secondary N) is 1. The second-order valence-corrected chi connectivity index (χ2v) is 9.35. The van der Waals surface area contributed by atoms with Gasteiger partial charge in [0.05, 0.1) is 17.5 Å². The zero-order valence-electron chi connectivity index (χ0n) is 16.5. The maximum atomic E-state index is 13.0.